The van der Waals surface area contributed by atoms with E-state index in [1.54, 1.807) is 0 Å². The summed E-state index contributed by atoms with van der Waals surface area (Å²) in [7, 11) is 0. The zero-order valence-electron chi connectivity index (χ0n) is 14.9. The largest absolute Gasteiger partial charge is 0.486 e. The molecule has 0 spiro atoms. The molecular weight excluding hydrogens is 348 g/mol. The van der Waals surface area contributed by atoms with Gasteiger partial charge in [-0.2, -0.15) is 0 Å². The van der Waals surface area contributed by atoms with Crippen LogP contribution in [-0.4, -0.2) is 48.4 Å². The molecule has 0 radical (unpaired) electrons. The van der Waals surface area contributed by atoms with Gasteiger partial charge in [-0.1, -0.05) is 24.3 Å². The molecule has 2 aliphatic heterocycles. The maximum Gasteiger partial charge on any atom is 0.233 e. The number of hydrogen-bond acceptors (Lipinski definition) is 5. The van der Waals surface area contributed by atoms with Crippen LogP contribution in [0.25, 0.3) is 0 Å². The van der Waals surface area contributed by atoms with E-state index in [2.05, 4.69) is 5.32 Å². The molecule has 0 aromatic heterocycles. The number of amides is 3. The van der Waals surface area contributed by atoms with Crippen LogP contribution >= 0.6 is 0 Å². The molecule has 3 aliphatic rings. The molecule has 27 heavy (non-hydrogen) atoms. The number of para-hydroxylation sites is 2. The Labute approximate surface area is 157 Å². The fraction of sp³-hybridized carbons (Fsp3) is 0.450. The molecule has 1 saturated heterocycles. The molecule has 7 nitrogen and oxygen atoms in total. The number of likely N-dealkylation sites (tertiary alicyclic amines) is 1. The minimum Gasteiger partial charge on any atom is -0.486 e. The number of imide groups is 1. The van der Waals surface area contributed by atoms with Crippen LogP contribution in [0.2, 0.25) is 0 Å². The lowest BCUT2D eigenvalue weighted by atomic mass is 9.85. The molecule has 2 heterocycles. The summed E-state index contributed by atoms with van der Waals surface area (Å²) in [5.41, 5.74) is 0. The minimum atomic E-state index is -0.271. The number of rotatable bonds is 5. The number of hydrogen-bond donors (Lipinski definition) is 1. The molecule has 3 atom stereocenters. The van der Waals surface area contributed by atoms with Gasteiger partial charge in [-0.3, -0.25) is 19.3 Å². The molecule has 142 valence electrons. The SMILES string of the molecule is O=C(CCN1C(=O)[C@H]2CC=CC[C@H]2C1=O)NC[C@@H]1COc2ccccc2O1. The van der Waals surface area contributed by atoms with Crippen molar-refractivity contribution < 1.29 is 23.9 Å². The number of fused-ring (bicyclic) bond motifs is 2. The highest BCUT2D eigenvalue weighted by Crippen LogP contribution is 2.35. The fourth-order valence-corrected chi connectivity index (χ4v) is 3.78. The Bertz CT molecular complexity index is 764. The van der Waals surface area contributed by atoms with Gasteiger partial charge in [0.25, 0.3) is 0 Å². The van der Waals surface area contributed by atoms with Gasteiger partial charge in [0.05, 0.1) is 18.4 Å². The first-order chi connectivity index (χ1) is 13.1. The second kappa shape index (κ2) is 7.42. The van der Waals surface area contributed by atoms with Gasteiger partial charge in [0.1, 0.15) is 12.7 Å². The van der Waals surface area contributed by atoms with Crippen LogP contribution in [0.3, 0.4) is 0 Å². The highest BCUT2D eigenvalue weighted by molar-refractivity contribution is 6.05. The maximum atomic E-state index is 12.4. The smallest absolute Gasteiger partial charge is 0.233 e. The van der Waals surface area contributed by atoms with Gasteiger partial charge in [0.15, 0.2) is 11.5 Å². The van der Waals surface area contributed by atoms with E-state index < -0.39 is 0 Å². The topological polar surface area (TPSA) is 84.9 Å². The first-order valence-electron chi connectivity index (χ1n) is 9.29. The van der Waals surface area contributed by atoms with Crippen molar-refractivity contribution in [3.05, 3.63) is 36.4 Å². The second-order valence-electron chi connectivity index (χ2n) is 7.04. The molecule has 0 unspecified atom stereocenters. The van der Waals surface area contributed by atoms with Crippen molar-refractivity contribution >= 4 is 17.7 Å². The van der Waals surface area contributed by atoms with Gasteiger partial charge < -0.3 is 14.8 Å². The number of carbonyl (C=O) groups is 3. The van der Waals surface area contributed by atoms with Crippen LogP contribution in [0.1, 0.15) is 19.3 Å². The van der Waals surface area contributed by atoms with Crippen LogP contribution in [0, 0.1) is 11.8 Å². The Kier molecular flexibility index (Phi) is 4.83. The zero-order chi connectivity index (χ0) is 18.8. The number of nitrogens with zero attached hydrogens (tertiary/aromatic N) is 1. The van der Waals surface area contributed by atoms with Crippen molar-refractivity contribution in [1.29, 1.82) is 0 Å². The molecule has 7 heteroatoms. The van der Waals surface area contributed by atoms with Crippen molar-refractivity contribution in [2.24, 2.45) is 11.8 Å². The molecule has 1 aromatic carbocycles. The number of ether oxygens (including phenoxy) is 2. The van der Waals surface area contributed by atoms with E-state index in [9.17, 15) is 14.4 Å². The summed E-state index contributed by atoms with van der Waals surface area (Å²) in [6, 6.07) is 7.39. The van der Waals surface area contributed by atoms with Crippen LogP contribution in [0.5, 0.6) is 11.5 Å². The van der Waals surface area contributed by atoms with E-state index in [1.807, 2.05) is 36.4 Å². The summed E-state index contributed by atoms with van der Waals surface area (Å²) >= 11 is 0. The predicted molar refractivity (Wildman–Crippen MR) is 96.1 cm³/mol. The lowest BCUT2D eigenvalue weighted by molar-refractivity contribution is -0.140. The van der Waals surface area contributed by atoms with Crippen LogP contribution in [0.4, 0.5) is 0 Å². The molecule has 1 aromatic rings. The van der Waals surface area contributed by atoms with E-state index in [-0.39, 0.29) is 48.6 Å². The van der Waals surface area contributed by atoms with Crippen LogP contribution in [-0.2, 0) is 14.4 Å². The van der Waals surface area contributed by atoms with Gasteiger partial charge in [0, 0.05) is 13.0 Å². The highest BCUT2D eigenvalue weighted by Gasteiger charge is 2.46. The third kappa shape index (κ3) is 3.54. The molecular formula is C20H22N2O5. The van der Waals surface area contributed by atoms with Gasteiger partial charge >= 0.3 is 0 Å². The standard InChI is InChI=1S/C20H22N2O5/c23-18(21-11-13-12-26-16-7-3-4-8-17(16)27-13)9-10-22-19(24)14-5-1-2-6-15(14)20(22)25/h1-4,7-8,13-15H,5-6,9-12H2,(H,21,23)/t13-,14-,15+/m1/s1. The zero-order valence-corrected chi connectivity index (χ0v) is 14.9. The van der Waals surface area contributed by atoms with E-state index in [0.717, 1.165) is 0 Å². The van der Waals surface area contributed by atoms with Gasteiger partial charge in [-0.05, 0) is 25.0 Å². The summed E-state index contributed by atoms with van der Waals surface area (Å²) in [4.78, 5) is 38.2. The molecule has 0 bridgehead atoms. The van der Waals surface area contributed by atoms with Gasteiger partial charge in [-0.25, -0.2) is 0 Å². The van der Waals surface area contributed by atoms with E-state index >= 15 is 0 Å². The Balaban J connectivity index is 1.24. The van der Waals surface area contributed by atoms with Crippen molar-refractivity contribution in [1.82, 2.24) is 10.2 Å². The lowest BCUT2D eigenvalue weighted by Gasteiger charge is -2.26. The Morgan fingerprint density at radius 2 is 1.74 bits per heavy atom. The molecule has 1 fully saturated rings. The summed E-state index contributed by atoms with van der Waals surface area (Å²) in [6.45, 7) is 0.794. The number of allylic oxidation sites excluding steroid dienone is 2. The lowest BCUT2D eigenvalue weighted by Crippen LogP contribution is -2.42. The normalized spacial score (nSPS) is 26.1. The molecule has 1 aliphatic carbocycles. The minimum absolute atomic E-state index is 0.0918. The van der Waals surface area contributed by atoms with Crippen molar-refractivity contribution in [2.75, 3.05) is 19.7 Å². The summed E-state index contributed by atoms with van der Waals surface area (Å²) in [5, 5.41) is 2.79. The third-order valence-corrected chi connectivity index (χ3v) is 5.26. The van der Waals surface area contributed by atoms with Gasteiger partial charge in [-0.15, -0.1) is 0 Å². The Morgan fingerprint density at radius 3 is 2.44 bits per heavy atom. The summed E-state index contributed by atoms with van der Waals surface area (Å²) < 4.78 is 11.4. The maximum absolute atomic E-state index is 12.4. The monoisotopic (exact) mass is 370 g/mol. The summed E-state index contributed by atoms with van der Waals surface area (Å²) in [5.74, 6) is 0.336. The average Bonchev–Trinajstić information content (AvgIpc) is 2.95. The first-order valence-corrected chi connectivity index (χ1v) is 9.29. The quantitative estimate of drug-likeness (QED) is 0.624. The molecule has 3 amide bonds. The average molecular weight is 370 g/mol. The van der Waals surface area contributed by atoms with E-state index in [4.69, 9.17) is 9.47 Å². The molecule has 1 N–H and O–H groups in total. The fourth-order valence-electron chi connectivity index (χ4n) is 3.78. The van der Waals surface area contributed by atoms with Crippen molar-refractivity contribution in [2.45, 2.75) is 25.4 Å². The van der Waals surface area contributed by atoms with Crippen LogP contribution in [0.15, 0.2) is 36.4 Å². The second-order valence-corrected chi connectivity index (χ2v) is 7.04. The van der Waals surface area contributed by atoms with Gasteiger partial charge in [0.2, 0.25) is 17.7 Å². The number of benzene rings is 1. The molecule has 0 saturated carbocycles. The van der Waals surface area contributed by atoms with Crippen molar-refractivity contribution in [3.63, 3.8) is 0 Å². The van der Waals surface area contributed by atoms with E-state index in [1.165, 1.54) is 4.90 Å². The molecule has 4 rings (SSSR count). The number of carbonyl (C=O) groups excluding carboxylic acids is 3. The third-order valence-electron chi connectivity index (χ3n) is 5.26. The summed E-state index contributed by atoms with van der Waals surface area (Å²) in [6.07, 6.45) is 4.94. The highest BCUT2D eigenvalue weighted by atomic mass is 16.6. The Hall–Kier alpha value is -2.83. The van der Waals surface area contributed by atoms with E-state index in [0.29, 0.717) is 37.5 Å². The predicted octanol–water partition coefficient (Wildman–Crippen LogP) is 1.28. The first kappa shape index (κ1) is 17.6. The van der Waals surface area contributed by atoms with Crippen LogP contribution < -0.4 is 14.8 Å². The Morgan fingerprint density at radius 1 is 1.07 bits per heavy atom. The number of nitrogens with one attached hydrogen (secondary N) is 1. The van der Waals surface area contributed by atoms with Crippen molar-refractivity contribution in [3.8, 4) is 11.5 Å².